The molecule has 1 N–H and O–H groups in total. The zero-order chi connectivity index (χ0) is 10.7. The highest BCUT2D eigenvalue weighted by Crippen LogP contribution is 2.20. The van der Waals surface area contributed by atoms with Crippen molar-refractivity contribution in [3.05, 3.63) is 24.3 Å². The second-order valence-corrected chi connectivity index (χ2v) is 4.12. The first-order valence-corrected chi connectivity index (χ1v) is 5.47. The largest absolute Gasteiger partial charge is 0.315 e. The standard InChI is InChI=1S/C11H18N4/c1-9(11-8-13-5-6-14-11)15(2)10-3-4-12-7-10/h5-6,8-10,12H,3-4,7H2,1-2H3/t9-,10-/m0/s1. The van der Waals surface area contributed by atoms with Crippen molar-refractivity contribution in [1.82, 2.24) is 20.2 Å². The summed E-state index contributed by atoms with van der Waals surface area (Å²) in [6.07, 6.45) is 6.55. The Morgan fingerprint density at radius 1 is 1.53 bits per heavy atom. The van der Waals surface area contributed by atoms with Gasteiger partial charge in [-0.25, -0.2) is 0 Å². The molecule has 1 saturated heterocycles. The molecule has 0 radical (unpaired) electrons. The second-order valence-electron chi connectivity index (χ2n) is 4.12. The molecule has 0 amide bonds. The Morgan fingerprint density at radius 2 is 2.40 bits per heavy atom. The SMILES string of the molecule is C[C@@H](c1cnccn1)N(C)[C@H]1CCNC1. The lowest BCUT2D eigenvalue weighted by molar-refractivity contribution is 0.193. The molecule has 0 aromatic carbocycles. The molecule has 0 unspecified atom stereocenters. The molecule has 1 aliphatic heterocycles. The third-order valence-electron chi connectivity index (χ3n) is 3.23. The lowest BCUT2D eigenvalue weighted by atomic mass is 10.1. The Kier molecular flexibility index (Phi) is 3.28. The normalized spacial score (nSPS) is 23.3. The molecule has 0 aliphatic carbocycles. The van der Waals surface area contributed by atoms with E-state index in [0.717, 1.165) is 18.8 Å². The van der Waals surface area contributed by atoms with Crippen molar-refractivity contribution >= 4 is 0 Å². The zero-order valence-electron chi connectivity index (χ0n) is 9.35. The maximum absolute atomic E-state index is 4.35. The van der Waals surface area contributed by atoms with Gasteiger partial charge < -0.3 is 5.32 Å². The summed E-state index contributed by atoms with van der Waals surface area (Å²) in [5.41, 5.74) is 1.05. The third kappa shape index (κ3) is 2.33. The minimum atomic E-state index is 0.337. The van der Waals surface area contributed by atoms with Crippen LogP contribution in [0.25, 0.3) is 0 Å². The van der Waals surface area contributed by atoms with Crippen LogP contribution in [0, 0.1) is 0 Å². The van der Waals surface area contributed by atoms with Crippen LogP contribution in [0.3, 0.4) is 0 Å². The van der Waals surface area contributed by atoms with Crippen LogP contribution in [0.4, 0.5) is 0 Å². The van der Waals surface area contributed by atoms with Crippen molar-refractivity contribution in [2.45, 2.75) is 25.4 Å². The first-order valence-electron chi connectivity index (χ1n) is 5.47. The highest BCUT2D eigenvalue weighted by atomic mass is 15.2. The van der Waals surface area contributed by atoms with Crippen LogP contribution in [0.15, 0.2) is 18.6 Å². The molecular formula is C11H18N4. The molecule has 2 heterocycles. The molecule has 0 saturated carbocycles. The van der Waals surface area contributed by atoms with Crippen molar-refractivity contribution in [3.8, 4) is 0 Å². The van der Waals surface area contributed by atoms with E-state index < -0.39 is 0 Å². The summed E-state index contributed by atoms with van der Waals surface area (Å²) in [6.45, 7) is 4.39. The first kappa shape index (κ1) is 10.5. The topological polar surface area (TPSA) is 41.1 Å². The number of nitrogens with one attached hydrogen (secondary N) is 1. The highest BCUT2D eigenvalue weighted by molar-refractivity contribution is 5.02. The quantitative estimate of drug-likeness (QED) is 0.795. The van der Waals surface area contributed by atoms with Gasteiger partial charge in [0.2, 0.25) is 0 Å². The molecule has 2 rings (SSSR count). The molecule has 4 nitrogen and oxygen atoms in total. The molecule has 0 bridgehead atoms. The van der Waals surface area contributed by atoms with E-state index in [0.29, 0.717) is 12.1 Å². The van der Waals surface area contributed by atoms with Gasteiger partial charge in [0.05, 0.1) is 11.7 Å². The zero-order valence-corrected chi connectivity index (χ0v) is 9.35. The summed E-state index contributed by atoms with van der Waals surface area (Å²) in [5, 5.41) is 3.38. The van der Waals surface area contributed by atoms with E-state index in [1.54, 1.807) is 12.4 Å². The summed E-state index contributed by atoms with van der Waals surface area (Å²) in [7, 11) is 2.16. The van der Waals surface area contributed by atoms with Crippen LogP contribution in [-0.2, 0) is 0 Å². The summed E-state index contributed by atoms with van der Waals surface area (Å²) >= 11 is 0. The van der Waals surface area contributed by atoms with E-state index in [1.165, 1.54) is 6.42 Å². The van der Waals surface area contributed by atoms with Gasteiger partial charge >= 0.3 is 0 Å². The van der Waals surface area contributed by atoms with E-state index in [9.17, 15) is 0 Å². The van der Waals surface area contributed by atoms with Crippen LogP contribution in [0.5, 0.6) is 0 Å². The van der Waals surface area contributed by atoms with Crippen molar-refractivity contribution in [1.29, 1.82) is 0 Å². The Labute approximate surface area is 90.7 Å². The summed E-state index contributed by atoms with van der Waals surface area (Å²) in [6, 6.07) is 0.964. The average molecular weight is 206 g/mol. The molecular weight excluding hydrogens is 188 g/mol. The Morgan fingerprint density at radius 3 is 3.00 bits per heavy atom. The number of rotatable bonds is 3. The van der Waals surface area contributed by atoms with Crippen LogP contribution in [0.1, 0.15) is 25.1 Å². The minimum Gasteiger partial charge on any atom is -0.315 e. The highest BCUT2D eigenvalue weighted by Gasteiger charge is 2.24. The van der Waals surface area contributed by atoms with E-state index >= 15 is 0 Å². The molecule has 1 aromatic heterocycles. The molecule has 4 heteroatoms. The molecule has 1 aromatic rings. The van der Waals surface area contributed by atoms with Gasteiger partial charge in [0.1, 0.15) is 0 Å². The number of hydrogen-bond donors (Lipinski definition) is 1. The molecule has 2 atom stereocenters. The monoisotopic (exact) mass is 206 g/mol. The van der Waals surface area contributed by atoms with Crippen molar-refractivity contribution in [2.75, 3.05) is 20.1 Å². The fraction of sp³-hybridized carbons (Fsp3) is 0.636. The number of likely N-dealkylation sites (N-methyl/N-ethyl adjacent to an activating group) is 1. The minimum absolute atomic E-state index is 0.337. The van der Waals surface area contributed by atoms with Gasteiger partial charge in [-0.2, -0.15) is 0 Å². The van der Waals surface area contributed by atoms with Gasteiger partial charge in [-0.1, -0.05) is 0 Å². The number of hydrogen-bond acceptors (Lipinski definition) is 4. The van der Waals surface area contributed by atoms with Crippen LogP contribution >= 0.6 is 0 Å². The average Bonchev–Trinajstić information content (AvgIpc) is 2.82. The smallest absolute Gasteiger partial charge is 0.0755 e. The lowest BCUT2D eigenvalue weighted by Crippen LogP contribution is -2.35. The Hall–Kier alpha value is -1.00. The maximum Gasteiger partial charge on any atom is 0.0755 e. The summed E-state index contributed by atoms with van der Waals surface area (Å²) in [4.78, 5) is 10.8. The van der Waals surface area contributed by atoms with Crippen LogP contribution in [0.2, 0.25) is 0 Å². The summed E-state index contributed by atoms with van der Waals surface area (Å²) < 4.78 is 0. The predicted molar refractivity (Wildman–Crippen MR) is 59.5 cm³/mol. The summed E-state index contributed by atoms with van der Waals surface area (Å²) in [5.74, 6) is 0. The Bertz CT molecular complexity index is 295. The van der Waals surface area contributed by atoms with E-state index in [-0.39, 0.29) is 0 Å². The van der Waals surface area contributed by atoms with Crippen molar-refractivity contribution in [3.63, 3.8) is 0 Å². The van der Waals surface area contributed by atoms with Crippen LogP contribution in [-0.4, -0.2) is 41.0 Å². The fourth-order valence-electron chi connectivity index (χ4n) is 2.04. The van der Waals surface area contributed by atoms with Gasteiger partial charge in [0, 0.05) is 31.2 Å². The molecule has 15 heavy (non-hydrogen) atoms. The molecule has 1 fully saturated rings. The maximum atomic E-state index is 4.35. The van der Waals surface area contributed by atoms with Gasteiger partial charge in [-0.05, 0) is 26.9 Å². The van der Waals surface area contributed by atoms with Gasteiger partial charge in [-0.15, -0.1) is 0 Å². The van der Waals surface area contributed by atoms with Gasteiger partial charge in [-0.3, -0.25) is 14.9 Å². The number of nitrogens with zero attached hydrogens (tertiary/aromatic N) is 3. The molecule has 82 valence electrons. The molecule has 0 spiro atoms. The van der Waals surface area contributed by atoms with Crippen molar-refractivity contribution < 1.29 is 0 Å². The Balaban J connectivity index is 2.03. The van der Waals surface area contributed by atoms with Crippen molar-refractivity contribution in [2.24, 2.45) is 0 Å². The van der Waals surface area contributed by atoms with Gasteiger partial charge in [0.15, 0.2) is 0 Å². The lowest BCUT2D eigenvalue weighted by Gasteiger charge is -2.29. The third-order valence-corrected chi connectivity index (χ3v) is 3.23. The number of aromatic nitrogens is 2. The first-order chi connectivity index (χ1) is 7.29. The van der Waals surface area contributed by atoms with E-state index in [4.69, 9.17) is 0 Å². The predicted octanol–water partition coefficient (Wildman–Crippen LogP) is 0.831. The van der Waals surface area contributed by atoms with E-state index in [2.05, 4.69) is 34.2 Å². The van der Waals surface area contributed by atoms with Gasteiger partial charge in [0.25, 0.3) is 0 Å². The van der Waals surface area contributed by atoms with E-state index in [1.807, 2.05) is 6.20 Å². The molecule has 1 aliphatic rings. The second kappa shape index (κ2) is 4.68. The van der Waals surface area contributed by atoms with Crippen LogP contribution < -0.4 is 5.32 Å². The fourth-order valence-corrected chi connectivity index (χ4v) is 2.04.